The molecule has 0 heterocycles. The van der Waals surface area contributed by atoms with E-state index in [4.69, 9.17) is 4.74 Å². The summed E-state index contributed by atoms with van der Waals surface area (Å²) in [6.07, 6.45) is 2.09. The van der Waals surface area contributed by atoms with Gasteiger partial charge in [-0.1, -0.05) is 38.1 Å². The van der Waals surface area contributed by atoms with Crippen molar-refractivity contribution in [2.75, 3.05) is 6.61 Å². The summed E-state index contributed by atoms with van der Waals surface area (Å²) in [6.45, 7) is 3.99. The molecule has 0 aromatic heterocycles. The Balaban J connectivity index is 1.89. The van der Waals surface area contributed by atoms with Crippen LogP contribution in [-0.2, 0) is 4.79 Å². The molecule has 27 heavy (non-hydrogen) atoms. The number of nitro benzene ring substituents is 1. The number of rotatable bonds is 8. The van der Waals surface area contributed by atoms with Crippen molar-refractivity contribution in [3.8, 4) is 11.5 Å². The topological polar surface area (TPSA) is 117 Å². The third kappa shape index (κ3) is 5.81. The Morgan fingerprint density at radius 3 is 2.63 bits per heavy atom. The van der Waals surface area contributed by atoms with Crippen LogP contribution in [0.15, 0.2) is 47.6 Å². The van der Waals surface area contributed by atoms with E-state index in [1.165, 1.54) is 5.56 Å². The number of hydrazone groups is 1. The lowest BCUT2D eigenvalue weighted by Gasteiger charge is -2.10. The monoisotopic (exact) mass is 370 g/mol. The minimum Gasteiger partial charge on any atom is -0.872 e. The molecule has 142 valence electrons. The van der Waals surface area contributed by atoms with Crippen molar-refractivity contribution in [3.63, 3.8) is 0 Å². The number of hydrogen-bond acceptors (Lipinski definition) is 6. The van der Waals surface area contributed by atoms with Gasteiger partial charge in [0.2, 0.25) is 0 Å². The molecule has 2 rings (SSSR count). The van der Waals surface area contributed by atoms with E-state index in [0.717, 1.165) is 30.8 Å². The average molecular weight is 370 g/mol. The van der Waals surface area contributed by atoms with Crippen LogP contribution in [0.2, 0.25) is 0 Å². The number of carbonyl (C=O) groups excluding carboxylic acids is 1. The smallest absolute Gasteiger partial charge is 0.278 e. The first-order chi connectivity index (χ1) is 12.9. The molecule has 0 aliphatic heterocycles. The molecule has 1 atom stereocenters. The number of nitrogens with zero attached hydrogens (tertiary/aromatic N) is 2. The Kier molecular flexibility index (Phi) is 6.87. The van der Waals surface area contributed by atoms with E-state index in [9.17, 15) is 20.0 Å². The Hall–Kier alpha value is -3.42. The zero-order valence-electron chi connectivity index (χ0n) is 15.0. The molecule has 0 radical (unpaired) electrons. The second-order valence-electron chi connectivity index (χ2n) is 5.94. The molecular formula is C19H20N3O5-. The van der Waals surface area contributed by atoms with Crippen molar-refractivity contribution in [3.05, 3.63) is 63.7 Å². The highest BCUT2D eigenvalue weighted by atomic mass is 16.6. The highest BCUT2D eigenvalue weighted by molar-refractivity contribution is 5.87. The van der Waals surface area contributed by atoms with Gasteiger partial charge in [-0.25, -0.2) is 5.43 Å². The minimum atomic E-state index is -0.630. The summed E-state index contributed by atoms with van der Waals surface area (Å²) in [5.41, 5.74) is 3.14. The Bertz CT molecular complexity index is 834. The van der Waals surface area contributed by atoms with E-state index in [0.29, 0.717) is 11.7 Å². The average Bonchev–Trinajstić information content (AvgIpc) is 2.66. The fraction of sp³-hybridized carbons (Fsp3) is 0.263. The highest BCUT2D eigenvalue weighted by Gasteiger charge is 2.11. The SMILES string of the molecule is CC[C@H](C)c1ccc(OCC(=O)N/N=C/c2cc([O-])ccc2[N+](=O)[O-])cc1. The van der Waals surface area contributed by atoms with Gasteiger partial charge >= 0.3 is 0 Å². The number of amides is 1. The fourth-order valence-electron chi connectivity index (χ4n) is 2.29. The van der Waals surface area contributed by atoms with Gasteiger partial charge in [0.25, 0.3) is 11.6 Å². The molecule has 0 aliphatic rings. The molecular weight excluding hydrogens is 350 g/mol. The van der Waals surface area contributed by atoms with E-state index in [2.05, 4.69) is 24.4 Å². The summed E-state index contributed by atoms with van der Waals surface area (Å²) >= 11 is 0. The van der Waals surface area contributed by atoms with Gasteiger partial charge in [-0.3, -0.25) is 14.9 Å². The summed E-state index contributed by atoms with van der Waals surface area (Å²) in [5, 5.41) is 25.9. The number of hydrogen-bond donors (Lipinski definition) is 1. The maximum absolute atomic E-state index is 11.8. The molecule has 0 unspecified atom stereocenters. The summed E-state index contributed by atoms with van der Waals surface area (Å²) in [5.74, 6) is 0.0833. The van der Waals surface area contributed by atoms with Gasteiger partial charge in [-0.15, -0.1) is 5.75 Å². The lowest BCUT2D eigenvalue weighted by molar-refractivity contribution is -0.385. The lowest BCUT2D eigenvalue weighted by Crippen LogP contribution is -2.24. The van der Waals surface area contributed by atoms with Gasteiger partial charge in [0, 0.05) is 6.07 Å². The van der Waals surface area contributed by atoms with Crippen LogP contribution in [0.1, 0.15) is 37.3 Å². The first kappa shape index (κ1) is 19.9. The van der Waals surface area contributed by atoms with Crippen molar-refractivity contribution in [2.24, 2.45) is 5.10 Å². The van der Waals surface area contributed by atoms with Crippen LogP contribution in [0.5, 0.6) is 11.5 Å². The molecule has 0 spiro atoms. The number of carbonyl (C=O) groups is 1. The molecule has 8 nitrogen and oxygen atoms in total. The number of benzene rings is 2. The normalized spacial score (nSPS) is 11.9. The number of nitro groups is 1. The van der Waals surface area contributed by atoms with Crippen LogP contribution < -0.4 is 15.3 Å². The third-order valence-corrected chi connectivity index (χ3v) is 4.02. The predicted molar refractivity (Wildman–Crippen MR) is 98.9 cm³/mol. The van der Waals surface area contributed by atoms with E-state index >= 15 is 0 Å². The van der Waals surface area contributed by atoms with Crippen LogP contribution in [0, 0.1) is 10.1 Å². The Morgan fingerprint density at radius 1 is 1.30 bits per heavy atom. The molecule has 1 N–H and O–H groups in total. The fourth-order valence-corrected chi connectivity index (χ4v) is 2.29. The summed E-state index contributed by atoms with van der Waals surface area (Å²) in [7, 11) is 0. The first-order valence-electron chi connectivity index (χ1n) is 8.40. The van der Waals surface area contributed by atoms with Gasteiger partial charge in [-0.05, 0) is 30.0 Å². The molecule has 0 aliphatic carbocycles. The van der Waals surface area contributed by atoms with Gasteiger partial charge in [-0.2, -0.15) is 5.10 Å². The molecule has 0 fully saturated rings. The molecule has 2 aromatic carbocycles. The van der Waals surface area contributed by atoms with Crippen LogP contribution in [0.4, 0.5) is 5.69 Å². The molecule has 8 heteroatoms. The predicted octanol–water partition coefficient (Wildman–Crippen LogP) is 2.71. The van der Waals surface area contributed by atoms with E-state index in [-0.39, 0.29) is 17.9 Å². The molecule has 0 saturated carbocycles. The van der Waals surface area contributed by atoms with Crippen LogP contribution in [0.3, 0.4) is 0 Å². The summed E-state index contributed by atoms with van der Waals surface area (Å²) in [4.78, 5) is 22.0. The maximum atomic E-state index is 11.8. The Morgan fingerprint density at radius 2 is 2.00 bits per heavy atom. The molecule has 1 amide bonds. The van der Waals surface area contributed by atoms with Crippen LogP contribution >= 0.6 is 0 Å². The first-order valence-corrected chi connectivity index (χ1v) is 8.40. The van der Waals surface area contributed by atoms with E-state index < -0.39 is 16.6 Å². The van der Waals surface area contributed by atoms with Crippen LogP contribution in [-0.4, -0.2) is 23.7 Å². The van der Waals surface area contributed by atoms with Gasteiger partial charge in [0.1, 0.15) is 5.75 Å². The minimum absolute atomic E-state index is 0.00866. The van der Waals surface area contributed by atoms with Crippen molar-refractivity contribution < 1.29 is 19.6 Å². The number of nitrogens with one attached hydrogen (secondary N) is 1. The van der Waals surface area contributed by atoms with E-state index in [1.807, 2.05) is 12.1 Å². The second kappa shape index (κ2) is 9.33. The lowest BCUT2D eigenvalue weighted by atomic mass is 9.99. The summed E-state index contributed by atoms with van der Waals surface area (Å²) < 4.78 is 5.38. The molecule has 2 aromatic rings. The van der Waals surface area contributed by atoms with E-state index in [1.54, 1.807) is 12.1 Å². The van der Waals surface area contributed by atoms with Gasteiger partial charge < -0.3 is 9.84 Å². The van der Waals surface area contributed by atoms with Gasteiger partial charge in [0.05, 0.1) is 16.7 Å². The Labute approximate surface area is 156 Å². The number of ether oxygens (including phenoxy) is 1. The summed E-state index contributed by atoms with van der Waals surface area (Å²) in [6, 6.07) is 10.8. The second-order valence-corrected chi connectivity index (χ2v) is 5.94. The molecule has 0 bridgehead atoms. The van der Waals surface area contributed by atoms with Crippen molar-refractivity contribution in [1.82, 2.24) is 5.43 Å². The van der Waals surface area contributed by atoms with Crippen molar-refractivity contribution in [1.29, 1.82) is 0 Å². The van der Waals surface area contributed by atoms with Crippen molar-refractivity contribution >= 4 is 17.8 Å². The quantitative estimate of drug-likeness (QED) is 0.435. The third-order valence-electron chi connectivity index (χ3n) is 4.02. The maximum Gasteiger partial charge on any atom is 0.278 e. The van der Waals surface area contributed by atoms with Gasteiger partial charge in [0.15, 0.2) is 6.61 Å². The highest BCUT2D eigenvalue weighted by Crippen LogP contribution is 2.21. The van der Waals surface area contributed by atoms with Crippen LogP contribution in [0.25, 0.3) is 0 Å². The largest absolute Gasteiger partial charge is 0.872 e. The zero-order valence-corrected chi connectivity index (χ0v) is 15.0. The zero-order chi connectivity index (χ0) is 19.8. The molecule has 0 saturated heterocycles. The standard InChI is InChI=1S/C19H21N3O5/c1-3-13(2)14-4-7-17(8-5-14)27-12-19(24)21-20-11-15-10-16(23)6-9-18(15)22(25)26/h4-11,13,23H,3,12H2,1-2H3,(H,21,24)/p-1/b20-11+/t13-/m0/s1. The van der Waals surface area contributed by atoms with Crippen molar-refractivity contribution in [2.45, 2.75) is 26.2 Å².